The summed E-state index contributed by atoms with van der Waals surface area (Å²) in [6.45, 7) is 3.32. The van der Waals surface area contributed by atoms with Gasteiger partial charge in [-0.25, -0.2) is 0 Å². The Hall–Kier alpha value is -1.08. The van der Waals surface area contributed by atoms with Crippen LogP contribution in [0.1, 0.15) is 36.8 Å². The molecule has 16 heavy (non-hydrogen) atoms. The van der Waals surface area contributed by atoms with Gasteiger partial charge in [0.15, 0.2) is 0 Å². The number of aryl methyl sites for hydroxylation is 1. The lowest BCUT2D eigenvalue weighted by atomic mass is 10.0. The summed E-state index contributed by atoms with van der Waals surface area (Å²) in [6.07, 6.45) is 9.75. The maximum absolute atomic E-state index is 3.56. The molecule has 1 nitrogen and oxygen atoms in total. The van der Waals surface area contributed by atoms with Crippen molar-refractivity contribution < 1.29 is 0 Å². The molecule has 1 aromatic rings. The fourth-order valence-corrected chi connectivity index (χ4v) is 2.17. The van der Waals surface area contributed by atoms with E-state index in [1.165, 1.54) is 36.9 Å². The molecule has 1 heteroatoms. The minimum absolute atomic E-state index is 0.704. The molecule has 0 spiro atoms. The highest BCUT2D eigenvalue weighted by molar-refractivity contribution is 5.49. The van der Waals surface area contributed by atoms with Gasteiger partial charge in [0.2, 0.25) is 0 Å². The molecule has 0 saturated carbocycles. The van der Waals surface area contributed by atoms with E-state index >= 15 is 0 Å². The first-order valence-electron chi connectivity index (χ1n) is 6.31. The third-order valence-electron chi connectivity index (χ3n) is 3.22. The minimum atomic E-state index is 0.704. The zero-order valence-corrected chi connectivity index (χ0v) is 10.1. The van der Waals surface area contributed by atoms with Crippen LogP contribution >= 0.6 is 0 Å². The van der Waals surface area contributed by atoms with Gasteiger partial charge in [-0.2, -0.15) is 0 Å². The van der Waals surface area contributed by atoms with Crippen molar-refractivity contribution in [2.45, 2.75) is 38.6 Å². The molecule has 1 N–H and O–H groups in total. The highest BCUT2D eigenvalue weighted by Gasteiger charge is 2.09. The smallest absolute Gasteiger partial charge is 0.0102 e. The second-order valence-electron chi connectivity index (χ2n) is 4.70. The van der Waals surface area contributed by atoms with E-state index in [0.717, 1.165) is 6.42 Å². The molecule has 1 fully saturated rings. The van der Waals surface area contributed by atoms with Crippen LogP contribution in [0.25, 0.3) is 6.08 Å². The van der Waals surface area contributed by atoms with Gasteiger partial charge in [-0.3, -0.25) is 0 Å². The molecular weight excluding hydrogens is 194 g/mol. The van der Waals surface area contributed by atoms with Crippen LogP contribution in [-0.4, -0.2) is 12.6 Å². The topological polar surface area (TPSA) is 12.0 Å². The summed E-state index contributed by atoms with van der Waals surface area (Å²) < 4.78 is 0. The molecule has 86 valence electrons. The molecular formula is C15H21N. The van der Waals surface area contributed by atoms with Gasteiger partial charge in [-0.05, 0) is 38.3 Å². The molecule has 1 aromatic carbocycles. The normalized spacial score (nSPS) is 21.4. The van der Waals surface area contributed by atoms with Crippen molar-refractivity contribution in [1.82, 2.24) is 5.32 Å². The van der Waals surface area contributed by atoms with Gasteiger partial charge in [-0.15, -0.1) is 0 Å². The first-order valence-corrected chi connectivity index (χ1v) is 6.31. The van der Waals surface area contributed by atoms with E-state index in [9.17, 15) is 0 Å². The van der Waals surface area contributed by atoms with Crippen LogP contribution in [0.2, 0.25) is 0 Å². The van der Waals surface area contributed by atoms with Gasteiger partial charge in [0.25, 0.3) is 0 Å². The van der Waals surface area contributed by atoms with Crippen LogP contribution in [-0.2, 0) is 0 Å². The number of benzene rings is 1. The summed E-state index contributed by atoms with van der Waals surface area (Å²) in [4.78, 5) is 0. The van der Waals surface area contributed by atoms with Crippen molar-refractivity contribution in [1.29, 1.82) is 0 Å². The minimum Gasteiger partial charge on any atom is -0.314 e. The third kappa shape index (κ3) is 3.49. The predicted octanol–water partition coefficient (Wildman–Crippen LogP) is 3.54. The lowest BCUT2D eigenvalue weighted by Gasteiger charge is -2.21. The predicted molar refractivity (Wildman–Crippen MR) is 70.5 cm³/mol. The highest BCUT2D eigenvalue weighted by atomic mass is 14.9. The summed E-state index contributed by atoms with van der Waals surface area (Å²) in [5, 5.41) is 3.56. The molecule has 1 unspecified atom stereocenters. The van der Waals surface area contributed by atoms with Crippen LogP contribution in [0.4, 0.5) is 0 Å². The van der Waals surface area contributed by atoms with Gasteiger partial charge in [0, 0.05) is 6.04 Å². The van der Waals surface area contributed by atoms with E-state index in [2.05, 4.69) is 48.7 Å². The summed E-state index contributed by atoms with van der Waals surface area (Å²) >= 11 is 0. The zero-order valence-electron chi connectivity index (χ0n) is 10.1. The van der Waals surface area contributed by atoms with E-state index in [0.29, 0.717) is 6.04 Å². The van der Waals surface area contributed by atoms with Crippen LogP contribution < -0.4 is 5.32 Å². The molecule has 0 bridgehead atoms. The maximum atomic E-state index is 3.56. The van der Waals surface area contributed by atoms with E-state index in [4.69, 9.17) is 0 Å². The maximum Gasteiger partial charge on any atom is 0.0102 e. The Balaban J connectivity index is 1.82. The molecule has 1 atom stereocenters. The Labute approximate surface area is 98.6 Å². The van der Waals surface area contributed by atoms with Crippen molar-refractivity contribution in [2.24, 2.45) is 0 Å². The second kappa shape index (κ2) is 5.86. The molecule has 0 aliphatic carbocycles. The number of nitrogens with one attached hydrogen (secondary N) is 1. The van der Waals surface area contributed by atoms with E-state index in [1.54, 1.807) is 0 Å². The van der Waals surface area contributed by atoms with Gasteiger partial charge in [0.05, 0.1) is 0 Å². The first kappa shape index (κ1) is 11.4. The monoisotopic (exact) mass is 215 g/mol. The number of hydrogen-bond acceptors (Lipinski definition) is 1. The average molecular weight is 215 g/mol. The average Bonchev–Trinajstić information content (AvgIpc) is 2.33. The molecule has 2 rings (SSSR count). The molecule has 0 radical (unpaired) electrons. The van der Waals surface area contributed by atoms with E-state index in [1.807, 2.05) is 0 Å². The van der Waals surface area contributed by atoms with E-state index in [-0.39, 0.29) is 0 Å². The van der Waals surface area contributed by atoms with Crippen LogP contribution in [0.5, 0.6) is 0 Å². The Morgan fingerprint density at radius 2 is 2.06 bits per heavy atom. The number of hydrogen-bond donors (Lipinski definition) is 1. The summed E-state index contributed by atoms with van der Waals surface area (Å²) in [7, 11) is 0. The van der Waals surface area contributed by atoms with Crippen molar-refractivity contribution in [3.05, 3.63) is 41.5 Å². The lowest BCUT2D eigenvalue weighted by Crippen LogP contribution is -2.33. The largest absolute Gasteiger partial charge is 0.314 e. The fourth-order valence-electron chi connectivity index (χ4n) is 2.17. The molecule has 0 aromatic heterocycles. The van der Waals surface area contributed by atoms with Crippen LogP contribution in [0, 0.1) is 6.92 Å². The SMILES string of the molecule is Cc1ccc(C=CCC2CCCCN2)cc1. The number of rotatable bonds is 3. The molecule has 1 saturated heterocycles. The molecule has 1 heterocycles. The quantitative estimate of drug-likeness (QED) is 0.813. The van der Waals surface area contributed by atoms with Gasteiger partial charge in [-0.1, -0.05) is 48.4 Å². The van der Waals surface area contributed by atoms with Crippen molar-refractivity contribution in [3.63, 3.8) is 0 Å². The van der Waals surface area contributed by atoms with E-state index < -0.39 is 0 Å². The lowest BCUT2D eigenvalue weighted by molar-refractivity contribution is 0.404. The summed E-state index contributed by atoms with van der Waals surface area (Å²) in [5.74, 6) is 0. The highest BCUT2D eigenvalue weighted by Crippen LogP contribution is 2.12. The molecule has 1 aliphatic heterocycles. The molecule has 1 aliphatic rings. The molecule has 0 amide bonds. The zero-order chi connectivity index (χ0) is 11.2. The van der Waals surface area contributed by atoms with Crippen LogP contribution in [0.3, 0.4) is 0 Å². The summed E-state index contributed by atoms with van der Waals surface area (Å²) in [6, 6.07) is 9.40. The van der Waals surface area contributed by atoms with Crippen molar-refractivity contribution >= 4 is 6.08 Å². The van der Waals surface area contributed by atoms with Gasteiger partial charge >= 0.3 is 0 Å². The Kier molecular flexibility index (Phi) is 4.17. The van der Waals surface area contributed by atoms with Crippen LogP contribution in [0.15, 0.2) is 30.3 Å². The number of piperidine rings is 1. The van der Waals surface area contributed by atoms with Crippen molar-refractivity contribution in [3.8, 4) is 0 Å². The Morgan fingerprint density at radius 3 is 2.75 bits per heavy atom. The third-order valence-corrected chi connectivity index (χ3v) is 3.22. The van der Waals surface area contributed by atoms with Crippen molar-refractivity contribution in [2.75, 3.05) is 6.54 Å². The van der Waals surface area contributed by atoms with Gasteiger partial charge in [0.1, 0.15) is 0 Å². The fraction of sp³-hybridized carbons (Fsp3) is 0.467. The first-order chi connectivity index (χ1) is 7.84. The van der Waals surface area contributed by atoms with Gasteiger partial charge < -0.3 is 5.32 Å². The Bertz CT molecular complexity index is 331. The second-order valence-corrected chi connectivity index (χ2v) is 4.70. The Morgan fingerprint density at radius 1 is 1.25 bits per heavy atom. The standard InChI is InChI=1S/C15H21N/c1-13-8-10-14(11-9-13)5-4-7-15-6-2-3-12-16-15/h4-5,8-11,15-16H,2-3,6-7,12H2,1H3. The summed E-state index contributed by atoms with van der Waals surface area (Å²) in [5.41, 5.74) is 2.63.